The van der Waals surface area contributed by atoms with Crippen molar-refractivity contribution in [3.63, 3.8) is 0 Å². The molecular weight excluding hydrogens is 268 g/mol. The predicted molar refractivity (Wildman–Crippen MR) is 69.5 cm³/mol. The molecule has 0 bridgehead atoms. The fourth-order valence-corrected chi connectivity index (χ4v) is 2.12. The van der Waals surface area contributed by atoms with Crippen LogP contribution < -0.4 is 5.73 Å². The number of hydrogen-bond acceptors (Lipinski definition) is 2. The Morgan fingerprint density at radius 1 is 1.44 bits per heavy atom. The van der Waals surface area contributed by atoms with Gasteiger partial charge in [0.05, 0.1) is 0 Å². The molecule has 0 aliphatic rings. The van der Waals surface area contributed by atoms with Gasteiger partial charge in [0.25, 0.3) is 5.91 Å². The third-order valence-corrected chi connectivity index (χ3v) is 2.79. The highest BCUT2D eigenvalue weighted by Gasteiger charge is 2.11. The number of amides is 1. The largest absolute Gasteiger partial charge is 0.342 e. The lowest BCUT2D eigenvalue weighted by molar-refractivity contribution is 0.0794. The van der Waals surface area contributed by atoms with Crippen LogP contribution in [-0.4, -0.2) is 30.9 Å². The zero-order valence-corrected chi connectivity index (χ0v) is 11.3. The Hall–Kier alpha value is -0.870. The van der Waals surface area contributed by atoms with E-state index in [1.807, 2.05) is 25.1 Å². The van der Waals surface area contributed by atoms with Gasteiger partial charge >= 0.3 is 0 Å². The smallest absolute Gasteiger partial charge is 0.253 e. The van der Waals surface area contributed by atoms with E-state index in [0.717, 1.165) is 16.5 Å². The van der Waals surface area contributed by atoms with E-state index in [2.05, 4.69) is 15.9 Å². The van der Waals surface area contributed by atoms with Gasteiger partial charge in [-0.2, -0.15) is 0 Å². The van der Waals surface area contributed by atoms with Crippen molar-refractivity contribution < 1.29 is 4.79 Å². The van der Waals surface area contributed by atoms with Crippen LogP contribution in [0.5, 0.6) is 0 Å². The van der Waals surface area contributed by atoms with E-state index in [0.29, 0.717) is 18.7 Å². The Bertz CT molecular complexity index is 359. The molecule has 1 aromatic rings. The normalized spacial score (nSPS) is 10.2. The second-order valence-electron chi connectivity index (χ2n) is 3.89. The molecule has 16 heavy (non-hydrogen) atoms. The Morgan fingerprint density at radius 3 is 2.69 bits per heavy atom. The average Bonchev–Trinajstić information content (AvgIpc) is 2.23. The lowest BCUT2D eigenvalue weighted by Gasteiger charge is -2.17. The van der Waals surface area contributed by atoms with Crippen LogP contribution in [0.1, 0.15) is 22.3 Å². The molecule has 0 aliphatic carbocycles. The van der Waals surface area contributed by atoms with E-state index in [1.54, 1.807) is 11.9 Å². The van der Waals surface area contributed by atoms with Gasteiger partial charge in [0, 0.05) is 23.6 Å². The number of benzene rings is 1. The minimum absolute atomic E-state index is 0.0397. The number of rotatable bonds is 4. The molecule has 1 amide bonds. The van der Waals surface area contributed by atoms with Gasteiger partial charge in [-0.05, 0) is 43.7 Å². The average molecular weight is 285 g/mol. The summed E-state index contributed by atoms with van der Waals surface area (Å²) in [7, 11) is 1.80. The second-order valence-corrected chi connectivity index (χ2v) is 4.80. The first-order chi connectivity index (χ1) is 7.54. The predicted octanol–water partition coefficient (Wildman–Crippen LogP) is 2.18. The Balaban J connectivity index is 2.79. The number of carbonyl (C=O) groups is 1. The summed E-state index contributed by atoms with van der Waals surface area (Å²) in [6, 6.07) is 5.72. The number of hydrogen-bond donors (Lipinski definition) is 1. The van der Waals surface area contributed by atoms with Crippen LogP contribution in [0, 0.1) is 6.92 Å². The molecule has 1 rings (SSSR count). The molecular formula is C12H17BrN2O. The third kappa shape index (κ3) is 3.61. The van der Waals surface area contributed by atoms with Crippen LogP contribution in [-0.2, 0) is 0 Å². The van der Waals surface area contributed by atoms with Crippen molar-refractivity contribution in [2.75, 3.05) is 20.1 Å². The van der Waals surface area contributed by atoms with Crippen molar-refractivity contribution >= 4 is 21.8 Å². The summed E-state index contributed by atoms with van der Waals surface area (Å²) in [5.74, 6) is 0.0397. The number of nitrogens with two attached hydrogens (primary N) is 1. The van der Waals surface area contributed by atoms with Gasteiger partial charge in [-0.3, -0.25) is 4.79 Å². The Labute approximate surface area is 105 Å². The summed E-state index contributed by atoms with van der Waals surface area (Å²) in [6.45, 7) is 3.28. The highest BCUT2D eigenvalue weighted by atomic mass is 79.9. The van der Waals surface area contributed by atoms with Crippen molar-refractivity contribution in [1.82, 2.24) is 4.90 Å². The fraction of sp³-hybridized carbons (Fsp3) is 0.417. The van der Waals surface area contributed by atoms with Gasteiger partial charge in [0.2, 0.25) is 0 Å². The lowest BCUT2D eigenvalue weighted by Crippen LogP contribution is -2.29. The molecule has 4 heteroatoms. The molecule has 0 spiro atoms. The molecule has 0 aliphatic heterocycles. The van der Waals surface area contributed by atoms with Crippen LogP contribution in [0.4, 0.5) is 0 Å². The highest BCUT2D eigenvalue weighted by Crippen LogP contribution is 2.16. The maximum Gasteiger partial charge on any atom is 0.253 e. The Morgan fingerprint density at radius 2 is 2.12 bits per heavy atom. The van der Waals surface area contributed by atoms with E-state index in [9.17, 15) is 4.79 Å². The molecule has 0 heterocycles. The van der Waals surface area contributed by atoms with E-state index in [-0.39, 0.29) is 5.91 Å². The van der Waals surface area contributed by atoms with E-state index < -0.39 is 0 Å². The van der Waals surface area contributed by atoms with Gasteiger partial charge in [0.1, 0.15) is 0 Å². The number of carbonyl (C=O) groups excluding carboxylic acids is 1. The Kier molecular flexibility index (Phi) is 4.96. The van der Waals surface area contributed by atoms with Crippen LogP contribution >= 0.6 is 15.9 Å². The maximum atomic E-state index is 12.0. The molecule has 0 unspecified atom stereocenters. The van der Waals surface area contributed by atoms with E-state index in [4.69, 9.17) is 5.73 Å². The molecule has 1 aromatic carbocycles. The molecule has 0 saturated carbocycles. The van der Waals surface area contributed by atoms with Crippen molar-refractivity contribution in [2.45, 2.75) is 13.3 Å². The van der Waals surface area contributed by atoms with E-state index >= 15 is 0 Å². The number of aryl methyl sites for hydroxylation is 1. The summed E-state index contributed by atoms with van der Waals surface area (Å²) >= 11 is 3.39. The van der Waals surface area contributed by atoms with Gasteiger partial charge < -0.3 is 10.6 Å². The van der Waals surface area contributed by atoms with Crippen LogP contribution in [0.3, 0.4) is 0 Å². The van der Waals surface area contributed by atoms with Crippen molar-refractivity contribution in [3.8, 4) is 0 Å². The van der Waals surface area contributed by atoms with Crippen LogP contribution in [0.25, 0.3) is 0 Å². The molecule has 0 atom stereocenters. The highest BCUT2D eigenvalue weighted by molar-refractivity contribution is 9.10. The molecule has 88 valence electrons. The SMILES string of the molecule is Cc1cc(Br)cc(C(=O)N(C)CCCN)c1. The summed E-state index contributed by atoms with van der Waals surface area (Å²) in [5, 5.41) is 0. The van der Waals surface area contributed by atoms with Gasteiger partial charge in [-0.15, -0.1) is 0 Å². The number of halogens is 1. The first-order valence-electron chi connectivity index (χ1n) is 5.27. The van der Waals surface area contributed by atoms with Gasteiger partial charge in [-0.25, -0.2) is 0 Å². The monoisotopic (exact) mass is 284 g/mol. The standard InChI is InChI=1S/C12H17BrN2O/c1-9-6-10(8-11(13)7-9)12(16)15(2)5-3-4-14/h6-8H,3-5,14H2,1-2H3. The van der Waals surface area contributed by atoms with Crippen LogP contribution in [0.15, 0.2) is 22.7 Å². The third-order valence-electron chi connectivity index (χ3n) is 2.33. The molecule has 0 radical (unpaired) electrons. The van der Waals surface area contributed by atoms with Crippen molar-refractivity contribution in [1.29, 1.82) is 0 Å². The molecule has 0 fully saturated rings. The molecule has 3 nitrogen and oxygen atoms in total. The van der Waals surface area contributed by atoms with Crippen molar-refractivity contribution in [3.05, 3.63) is 33.8 Å². The first kappa shape index (κ1) is 13.2. The lowest BCUT2D eigenvalue weighted by atomic mass is 10.1. The first-order valence-corrected chi connectivity index (χ1v) is 6.06. The molecule has 2 N–H and O–H groups in total. The summed E-state index contributed by atoms with van der Waals surface area (Å²) < 4.78 is 0.933. The van der Waals surface area contributed by atoms with Gasteiger partial charge in [0.15, 0.2) is 0 Å². The van der Waals surface area contributed by atoms with Crippen molar-refractivity contribution in [2.24, 2.45) is 5.73 Å². The summed E-state index contributed by atoms with van der Waals surface area (Å²) in [4.78, 5) is 13.7. The fourth-order valence-electron chi connectivity index (χ4n) is 1.51. The van der Waals surface area contributed by atoms with Crippen LogP contribution in [0.2, 0.25) is 0 Å². The summed E-state index contributed by atoms with van der Waals surface area (Å²) in [6.07, 6.45) is 0.829. The minimum Gasteiger partial charge on any atom is -0.342 e. The second kappa shape index (κ2) is 6.01. The molecule has 0 aromatic heterocycles. The van der Waals surface area contributed by atoms with Gasteiger partial charge in [-0.1, -0.05) is 15.9 Å². The maximum absolute atomic E-state index is 12.0. The quantitative estimate of drug-likeness (QED) is 0.921. The minimum atomic E-state index is 0.0397. The molecule has 0 saturated heterocycles. The number of nitrogens with zero attached hydrogens (tertiary/aromatic N) is 1. The topological polar surface area (TPSA) is 46.3 Å². The van der Waals surface area contributed by atoms with E-state index in [1.165, 1.54) is 0 Å². The zero-order valence-electron chi connectivity index (χ0n) is 9.66. The summed E-state index contributed by atoms with van der Waals surface area (Å²) in [5.41, 5.74) is 7.21. The zero-order chi connectivity index (χ0) is 12.1.